The first-order valence-corrected chi connectivity index (χ1v) is 9.44. The van der Waals surface area contributed by atoms with E-state index in [9.17, 15) is 15.0 Å². The van der Waals surface area contributed by atoms with Crippen molar-refractivity contribution in [3.63, 3.8) is 0 Å². The van der Waals surface area contributed by atoms with E-state index in [0.29, 0.717) is 23.9 Å². The van der Waals surface area contributed by atoms with Gasteiger partial charge < -0.3 is 14.9 Å². The molecule has 0 bridgehead atoms. The Balaban J connectivity index is 1.84. The Kier molecular flexibility index (Phi) is 6.01. The van der Waals surface area contributed by atoms with Gasteiger partial charge in [-0.2, -0.15) is 0 Å². The summed E-state index contributed by atoms with van der Waals surface area (Å²) in [6, 6.07) is 10.7. The van der Waals surface area contributed by atoms with E-state index < -0.39 is 0 Å². The zero-order valence-corrected chi connectivity index (χ0v) is 15.9. The predicted molar refractivity (Wildman–Crippen MR) is 105 cm³/mol. The number of aromatic hydroxyl groups is 2. The summed E-state index contributed by atoms with van der Waals surface area (Å²) in [4.78, 5) is 15.1. The van der Waals surface area contributed by atoms with Gasteiger partial charge in [-0.15, -0.1) is 0 Å². The van der Waals surface area contributed by atoms with Crippen LogP contribution in [0.5, 0.6) is 17.2 Å². The lowest BCUT2D eigenvalue weighted by molar-refractivity contribution is 0.0988. The molecule has 0 aromatic heterocycles. The van der Waals surface area contributed by atoms with Crippen molar-refractivity contribution in [2.45, 2.75) is 45.2 Å². The zero-order valence-electron chi connectivity index (χ0n) is 15.9. The van der Waals surface area contributed by atoms with Crippen molar-refractivity contribution in [1.82, 2.24) is 4.90 Å². The van der Waals surface area contributed by atoms with E-state index in [1.54, 1.807) is 7.11 Å². The van der Waals surface area contributed by atoms with Crippen LogP contribution in [-0.4, -0.2) is 40.6 Å². The first kappa shape index (κ1) is 19.2. The van der Waals surface area contributed by atoms with Gasteiger partial charge in [-0.3, -0.25) is 9.69 Å². The van der Waals surface area contributed by atoms with Crippen LogP contribution in [0.4, 0.5) is 0 Å². The fourth-order valence-corrected chi connectivity index (χ4v) is 3.72. The summed E-state index contributed by atoms with van der Waals surface area (Å²) in [5, 5.41) is 21.0. The third kappa shape index (κ3) is 4.25. The maximum Gasteiger partial charge on any atom is 0.171 e. The fourth-order valence-electron chi connectivity index (χ4n) is 3.72. The summed E-state index contributed by atoms with van der Waals surface area (Å²) >= 11 is 0. The van der Waals surface area contributed by atoms with Gasteiger partial charge in [-0.25, -0.2) is 0 Å². The number of carbonyl (C=O) groups is 1. The summed E-state index contributed by atoms with van der Waals surface area (Å²) in [7, 11) is 1.57. The summed E-state index contributed by atoms with van der Waals surface area (Å²) in [6.45, 7) is 3.53. The second kappa shape index (κ2) is 8.44. The molecule has 1 unspecified atom stereocenters. The summed E-state index contributed by atoms with van der Waals surface area (Å²) in [5.41, 5.74) is 1.43. The highest BCUT2D eigenvalue weighted by molar-refractivity contribution is 6.00. The van der Waals surface area contributed by atoms with Gasteiger partial charge in [0.2, 0.25) is 0 Å². The molecule has 2 aromatic rings. The standard InChI is InChI=1S/C22H27NO4/c1-15-7-5-6-12-23(15)14-18-19(24)11-10-17(22(18)26)20(25)13-16-8-3-4-9-21(16)27-2/h3-4,8-11,15,24,26H,5-7,12-14H2,1-2H3. The van der Waals surface area contributed by atoms with Crippen LogP contribution >= 0.6 is 0 Å². The molecule has 5 heteroatoms. The number of hydrogen-bond donors (Lipinski definition) is 2. The molecular formula is C22H27NO4. The minimum Gasteiger partial charge on any atom is -0.507 e. The van der Waals surface area contributed by atoms with Crippen LogP contribution in [0, 0.1) is 0 Å². The third-order valence-electron chi connectivity index (χ3n) is 5.40. The Morgan fingerprint density at radius 2 is 1.96 bits per heavy atom. The van der Waals surface area contributed by atoms with E-state index in [4.69, 9.17) is 4.74 Å². The normalized spacial score (nSPS) is 17.6. The van der Waals surface area contributed by atoms with Gasteiger partial charge in [0.15, 0.2) is 5.78 Å². The van der Waals surface area contributed by atoms with E-state index in [0.717, 1.165) is 24.9 Å². The Hall–Kier alpha value is -2.53. The van der Waals surface area contributed by atoms with Gasteiger partial charge in [-0.1, -0.05) is 24.6 Å². The molecule has 1 aliphatic heterocycles. The Labute approximate surface area is 160 Å². The van der Waals surface area contributed by atoms with Crippen molar-refractivity contribution in [3.8, 4) is 17.2 Å². The van der Waals surface area contributed by atoms with Gasteiger partial charge in [-0.05, 0) is 44.5 Å². The topological polar surface area (TPSA) is 70.0 Å². The second-order valence-corrected chi connectivity index (χ2v) is 7.19. The van der Waals surface area contributed by atoms with Crippen molar-refractivity contribution >= 4 is 5.78 Å². The lowest BCUT2D eigenvalue weighted by Crippen LogP contribution is -2.36. The van der Waals surface area contributed by atoms with Gasteiger partial charge in [0.1, 0.15) is 17.2 Å². The summed E-state index contributed by atoms with van der Waals surface area (Å²) in [6.07, 6.45) is 3.54. The number of likely N-dealkylation sites (tertiary alicyclic amines) is 1. The van der Waals surface area contributed by atoms with Crippen molar-refractivity contribution in [1.29, 1.82) is 0 Å². The lowest BCUT2D eigenvalue weighted by atomic mass is 9.97. The molecule has 1 saturated heterocycles. The highest BCUT2D eigenvalue weighted by Gasteiger charge is 2.24. The molecule has 2 N–H and O–H groups in total. The first-order valence-electron chi connectivity index (χ1n) is 9.44. The molecule has 1 aliphatic rings. The molecule has 0 amide bonds. The molecule has 0 radical (unpaired) electrons. The molecular weight excluding hydrogens is 342 g/mol. The van der Waals surface area contributed by atoms with Crippen LogP contribution in [0.15, 0.2) is 36.4 Å². The van der Waals surface area contributed by atoms with Crippen LogP contribution < -0.4 is 4.74 Å². The molecule has 3 rings (SSSR count). The maximum absolute atomic E-state index is 12.8. The highest BCUT2D eigenvalue weighted by Crippen LogP contribution is 2.34. The van der Waals surface area contributed by atoms with Gasteiger partial charge >= 0.3 is 0 Å². The number of methoxy groups -OCH3 is 1. The van der Waals surface area contributed by atoms with Crippen LogP contribution in [0.25, 0.3) is 0 Å². The molecule has 0 spiro atoms. The Bertz CT molecular complexity index is 818. The van der Waals surface area contributed by atoms with E-state index in [1.165, 1.54) is 18.6 Å². The first-order chi connectivity index (χ1) is 13.0. The lowest BCUT2D eigenvalue weighted by Gasteiger charge is -2.33. The molecule has 5 nitrogen and oxygen atoms in total. The van der Waals surface area contributed by atoms with Gasteiger partial charge in [0.05, 0.1) is 18.2 Å². The number of benzene rings is 2. The van der Waals surface area contributed by atoms with Crippen molar-refractivity contribution in [2.75, 3.05) is 13.7 Å². The molecule has 27 heavy (non-hydrogen) atoms. The van der Waals surface area contributed by atoms with Crippen molar-refractivity contribution in [2.24, 2.45) is 0 Å². The maximum atomic E-state index is 12.8. The van der Waals surface area contributed by atoms with Gasteiger partial charge in [0, 0.05) is 24.6 Å². The smallest absolute Gasteiger partial charge is 0.171 e. The summed E-state index contributed by atoms with van der Waals surface area (Å²) in [5.74, 6) is 0.350. The number of hydrogen-bond acceptors (Lipinski definition) is 5. The minimum atomic E-state index is -0.204. The molecule has 1 heterocycles. The zero-order chi connectivity index (χ0) is 19.4. The third-order valence-corrected chi connectivity index (χ3v) is 5.40. The largest absolute Gasteiger partial charge is 0.507 e. The number of phenols is 2. The molecule has 0 saturated carbocycles. The van der Waals surface area contributed by atoms with Crippen LogP contribution in [0.3, 0.4) is 0 Å². The summed E-state index contributed by atoms with van der Waals surface area (Å²) < 4.78 is 5.31. The number of ether oxygens (including phenoxy) is 1. The van der Waals surface area contributed by atoms with E-state index >= 15 is 0 Å². The highest BCUT2D eigenvalue weighted by atomic mass is 16.5. The average Bonchev–Trinajstić information content (AvgIpc) is 2.67. The van der Waals surface area contributed by atoms with Crippen LogP contribution in [-0.2, 0) is 13.0 Å². The predicted octanol–water partition coefficient (Wildman–Crippen LogP) is 3.91. The number of carbonyl (C=O) groups excluding carboxylic acids is 1. The monoisotopic (exact) mass is 369 g/mol. The van der Waals surface area contributed by atoms with E-state index in [1.807, 2.05) is 24.3 Å². The molecule has 2 aromatic carbocycles. The number of para-hydroxylation sites is 1. The fraction of sp³-hybridized carbons (Fsp3) is 0.409. The average molecular weight is 369 g/mol. The van der Waals surface area contributed by atoms with E-state index in [2.05, 4.69) is 11.8 Å². The second-order valence-electron chi connectivity index (χ2n) is 7.19. The SMILES string of the molecule is COc1ccccc1CC(=O)c1ccc(O)c(CN2CCCCC2C)c1O. The van der Waals surface area contributed by atoms with Crippen molar-refractivity contribution in [3.05, 3.63) is 53.1 Å². The number of rotatable bonds is 6. The number of piperidine rings is 1. The molecule has 0 aliphatic carbocycles. The van der Waals surface area contributed by atoms with Crippen LogP contribution in [0.2, 0.25) is 0 Å². The molecule has 1 fully saturated rings. The number of Topliss-reactive ketones (excluding diaryl/α,β-unsaturated/α-hetero) is 1. The molecule has 144 valence electrons. The number of ketones is 1. The van der Waals surface area contributed by atoms with Crippen molar-refractivity contribution < 1.29 is 19.7 Å². The Morgan fingerprint density at radius 1 is 1.19 bits per heavy atom. The van der Waals surface area contributed by atoms with E-state index in [-0.39, 0.29) is 29.3 Å². The number of nitrogens with zero attached hydrogens (tertiary/aromatic N) is 1. The quantitative estimate of drug-likeness (QED) is 0.756. The van der Waals surface area contributed by atoms with Gasteiger partial charge in [0.25, 0.3) is 0 Å². The van der Waals surface area contributed by atoms with Crippen LogP contribution in [0.1, 0.15) is 47.7 Å². The minimum absolute atomic E-state index is 0.0270. The molecule has 1 atom stereocenters. The Morgan fingerprint density at radius 3 is 2.70 bits per heavy atom. The number of phenolic OH excluding ortho intramolecular Hbond substituents is 2.